The summed E-state index contributed by atoms with van der Waals surface area (Å²) in [4.78, 5) is 24.3. The van der Waals surface area contributed by atoms with Gasteiger partial charge in [0.2, 0.25) is 0 Å². The Labute approximate surface area is 157 Å². The lowest BCUT2D eigenvalue weighted by Gasteiger charge is -2.13. The minimum Gasteiger partial charge on any atom is -0.493 e. The van der Waals surface area contributed by atoms with E-state index in [0.717, 1.165) is 0 Å². The minimum absolute atomic E-state index is 0.201. The van der Waals surface area contributed by atoms with Crippen LogP contribution in [0.3, 0.4) is 0 Å². The molecule has 0 unspecified atom stereocenters. The van der Waals surface area contributed by atoms with Crippen LogP contribution in [-0.4, -0.2) is 32.8 Å². The molecule has 27 heavy (non-hydrogen) atoms. The number of rotatable bonds is 8. The number of methoxy groups -OCH3 is 2. The fraction of sp³-hybridized carbons (Fsp3) is 0.300. The summed E-state index contributed by atoms with van der Waals surface area (Å²) in [6.45, 7) is 3.59. The highest BCUT2D eigenvalue weighted by Gasteiger charge is 2.19. The molecule has 144 valence electrons. The van der Waals surface area contributed by atoms with Gasteiger partial charge < -0.3 is 23.4 Å². The summed E-state index contributed by atoms with van der Waals surface area (Å²) in [7, 11) is 3.01. The normalized spacial score (nSPS) is 10.7. The molecular weight excluding hydrogens is 352 g/mol. The van der Waals surface area contributed by atoms with E-state index in [1.807, 2.05) is 13.0 Å². The highest BCUT2D eigenvalue weighted by atomic mass is 16.5. The molecule has 2 aromatic rings. The lowest BCUT2D eigenvalue weighted by Crippen LogP contribution is -2.10. The van der Waals surface area contributed by atoms with Gasteiger partial charge in [-0.2, -0.15) is 0 Å². The van der Waals surface area contributed by atoms with Crippen LogP contribution in [0.1, 0.15) is 45.9 Å². The zero-order valence-corrected chi connectivity index (χ0v) is 15.7. The first-order valence-corrected chi connectivity index (χ1v) is 8.35. The van der Waals surface area contributed by atoms with Crippen LogP contribution in [0.5, 0.6) is 11.5 Å². The smallest absolute Gasteiger partial charge is 0.341 e. The molecule has 0 aliphatic carbocycles. The molecule has 0 bridgehead atoms. The fourth-order valence-corrected chi connectivity index (χ4v) is 2.47. The van der Waals surface area contributed by atoms with E-state index in [1.54, 1.807) is 19.1 Å². The van der Waals surface area contributed by atoms with Gasteiger partial charge in [-0.15, -0.1) is 0 Å². The van der Waals surface area contributed by atoms with Crippen molar-refractivity contribution in [3.05, 3.63) is 53.0 Å². The molecule has 0 aliphatic heterocycles. The van der Waals surface area contributed by atoms with E-state index in [-0.39, 0.29) is 30.1 Å². The van der Waals surface area contributed by atoms with Crippen LogP contribution in [0.15, 0.2) is 35.0 Å². The average Bonchev–Trinajstić information content (AvgIpc) is 3.14. The number of esters is 2. The van der Waals surface area contributed by atoms with Crippen LogP contribution in [0, 0.1) is 0 Å². The Kier molecular flexibility index (Phi) is 7.05. The Morgan fingerprint density at radius 3 is 2.52 bits per heavy atom. The van der Waals surface area contributed by atoms with Crippen molar-refractivity contribution >= 4 is 18.0 Å². The SMILES string of the molecule is C/C=C/c1cc(C(=O)OCc2occc2C(=O)OCC)cc(OC)c1OC. The molecule has 0 amide bonds. The standard InChI is InChI=1S/C20H22O7/c1-5-7-13-10-14(11-16(23-3)18(13)24-4)19(21)27-12-17-15(8-9-26-17)20(22)25-6-2/h5,7-11H,6,12H2,1-4H3/b7-5+. The summed E-state index contributed by atoms with van der Waals surface area (Å²) < 4.78 is 26.1. The maximum absolute atomic E-state index is 12.5. The van der Waals surface area contributed by atoms with Gasteiger partial charge in [-0.1, -0.05) is 12.2 Å². The molecule has 7 heteroatoms. The van der Waals surface area contributed by atoms with E-state index in [4.69, 9.17) is 23.4 Å². The lowest BCUT2D eigenvalue weighted by molar-refractivity contribution is 0.0422. The number of ether oxygens (including phenoxy) is 4. The molecule has 0 aliphatic rings. The van der Waals surface area contributed by atoms with Crippen LogP contribution in [0.25, 0.3) is 6.08 Å². The third-order valence-corrected chi connectivity index (χ3v) is 3.66. The van der Waals surface area contributed by atoms with Crippen LogP contribution >= 0.6 is 0 Å². The first-order chi connectivity index (χ1) is 13.0. The predicted molar refractivity (Wildman–Crippen MR) is 98.0 cm³/mol. The number of benzene rings is 1. The van der Waals surface area contributed by atoms with Crippen molar-refractivity contribution in [2.24, 2.45) is 0 Å². The number of carbonyl (C=O) groups is 2. The van der Waals surface area contributed by atoms with E-state index >= 15 is 0 Å². The molecule has 0 N–H and O–H groups in total. The van der Waals surface area contributed by atoms with E-state index in [0.29, 0.717) is 17.1 Å². The van der Waals surface area contributed by atoms with Gasteiger partial charge in [-0.3, -0.25) is 0 Å². The number of allylic oxidation sites excluding steroid dienone is 1. The maximum atomic E-state index is 12.5. The van der Waals surface area contributed by atoms with Gasteiger partial charge in [-0.05, 0) is 32.0 Å². The summed E-state index contributed by atoms with van der Waals surface area (Å²) in [5.74, 6) is 0.0238. The van der Waals surface area contributed by atoms with Gasteiger partial charge in [-0.25, -0.2) is 9.59 Å². The molecule has 1 aromatic heterocycles. The maximum Gasteiger partial charge on any atom is 0.341 e. The van der Waals surface area contributed by atoms with Crippen LogP contribution in [0.2, 0.25) is 0 Å². The van der Waals surface area contributed by atoms with Crippen molar-refractivity contribution in [2.75, 3.05) is 20.8 Å². The van der Waals surface area contributed by atoms with Crippen molar-refractivity contribution in [1.29, 1.82) is 0 Å². The summed E-state index contributed by atoms with van der Waals surface area (Å²) in [6, 6.07) is 4.64. The molecule has 1 heterocycles. The summed E-state index contributed by atoms with van der Waals surface area (Å²) in [5.41, 5.74) is 1.19. The Balaban J connectivity index is 2.21. The third kappa shape index (κ3) is 4.69. The molecule has 2 rings (SSSR count). The van der Waals surface area contributed by atoms with Gasteiger partial charge in [0.1, 0.15) is 5.56 Å². The van der Waals surface area contributed by atoms with Crippen LogP contribution in [0.4, 0.5) is 0 Å². The molecule has 1 aromatic carbocycles. The second-order valence-corrected chi connectivity index (χ2v) is 5.36. The first-order valence-electron chi connectivity index (χ1n) is 8.35. The monoisotopic (exact) mass is 374 g/mol. The highest BCUT2D eigenvalue weighted by Crippen LogP contribution is 2.34. The molecule has 0 saturated heterocycles. The van der Waals surface area contributed by atoms with Crippen molar-refractivity contribution in [3.63, 3.8) is 0 Å². The fourth-order valence-electron chi connectivity index (χ4n) is 2.47. The van der Waals surface area contributed by atoms with Crippen molar-refractivity contribution in [1.82, 2.24) is 0 Å². The highest BCUT2D eigenvalue weighted by molar-refractivity contribution is 5.92. The Morgan fingerprint density at radius 1 is 1.11 bits per heavy atom. The van der Waals surface area contributed by atoms with Gasteiger partial charge >= 0.3 is 11.9 Å². The second-order valence-electron chi connectivity index (χ2n) is 5.36. The average molecular weight is 374 g/mol. The number of hydrogen-bond donors (Lipinski definition) is 0. The minimum atomic E-state index is -0.590. The largest absolute Gasteiger partial charge is 0.493 e. The van der Waals surface area contributed by atoms with Gasteiger partial charge in [0, 0.05) is 5.56 Å². The molecule has 0 atom stereocenters. The topological polar surface area (TPSA) is 84.2 Å². The Morgan fingerprint density at radius 2 is 1.89 bits per heavy atom. The van der Waals surface area contributed by atoms with Crippen molar-refractivity contribution in [2.45, 2.75) is 20.5 Å². The predicted octanol–water partition coefficient (Wildman–Crippen LogP) is 3.86. The summed E-state index contributed by atoms with van der Waals surface area (Å²) in [5, 5.41) is 0. The third-order valence-electron chi connectivity index (χ3n) is 3.66. The lowest BCUT2D eigenvalue weighted by atomic mass is 10.1. The Bertz CT molecular complexity index is 833. The zero-order valence-electron chi connectivity index (χ0n) is 15.7. The van der Waals surface area contributed by atoms with E-state index < -0.39 is 11.9 Å². The van der Waals surface area contributed by atoms with E-state index in [1.165, 1.54) is 32.6 Å². The van der Waals surface area contributed by atoms with Crippen molar-refractivity contribution in [3.8, 4) is 11.5 Å². The molecular formula is C20H22O7. The van der Waals surface area contributed by atoms with Gasteiger partial charge in [0.15, 0.2) is 23.9 Å². The zero-order chi connectivity index (χ0) is 19.8. The molecule has 0 spiro atoms. The van der Waals surface area contributed by atoms with Crippen LogP contribution in [-0.2, 0) is 16.1 Å². The molecule has 0 fully saturated rings. The molecule has 0 radical (unpaired) electrons. The quantitative estimate of drug-likeness (QED) is 0.649. The van der Waals surface area contributed by atoms with E-state index in [9.17, 15) is 9.59 Å². The molecule has 0 saturated carbocycles. The van der Waals surface area contributed by atoms with E-state index in [2.05, 4.69) is 0 Å². The van der Waals surface area contributed by atoms with Crippen molar-refractivity contribution < 1.29 is 33.0 Å². The van der Waals surface area contributed by atoms with Crippen LogP contribution < -0.4 is 9.47 Å². The Hall–Kier alpha value is -3.22. The second kappa shape index (κ2) is 9.47. The number of carbonyl (C=O) groups excluding carboxylic acids is 2. The number of furan rings is 1. The summed E-state index contributed by atoms with van der Waals surface area (Å²) >= 11 is 0. The summed E-state index contributed by atoms with van der Waals surface area (Å²) in [6.07, 6.45) is 4.96. The van der Waals surface area contributed by atoms with Gasteiger partial charge in [0.05, 0.1) is 32.7 Å². The number of hydrogen-bond acceptors (Lipinski definition) is 7. The first kappa shape index (κ1) is 20.1. The van der Waals surface area contributed by atoms with Gasteiger partial charge in [0.25, 0.3) is 0 Å². The molecule has 7 nitrogen and oxygen atoms in total.